The number of fused-ring (bicyclic) bond motifs is 1. The van der Waals surface area contributed by atoms with Crippen LogP contribution in [-0.2, 0) is 19.1 Å². The number of hydrogen-bond acceptors (Lipinski definition) is 10. The summed E-state index contributed by atoms with van der Waals surface area (Å²) in [4.78, 5) is 74.3. The van der Waals surface area contributed by atoms with E-state index in [4.69, 9.17) is 4.74 Å². The zero-order valence-electron chi connectivity index (χ0n) is 33.6. The molecule has 8 rings (SSSR count). The number of nitrogens with one attached hydrogen (secondary N) is 2. The summed E-state index contributed by atoms with van der Waals surface area (Å²) in [5.74, 6) is -3.01. The molecule has 6 heterocycles. The molecule has 1 aliphatic carbocycles. The zero-order chi connectivity index (χ0) is 42.8. The third kappa shape index (κ3) is 9.01. The van der Waals surface area contributed by atoms with E-state index in [-0.39, 0.29) is 46.2 Å². The lowest BCUT2D eigenvalue weighted by Crippen LogP contribution is -2.40. The van der Waals surface area contributed by atoms with Gasteiger partial charge in [0.15, 0.2) is 11.3 Å². The quantitative estimate of drug-likeness (QED) is 0.204. The molecule has 1 saturated carbocycles. The lowest BCUT2D eigenvalue weighted by molar-refractivity contribution is -0.135. The number of piperidine rings is 1. The van der Waals surface area contributed by atoms with E-state index in [2.05, 4.69) is 25.8 Å². The molecular weight excluding hydrogens is 798 g/mol. The van der Waals surface area contributed by atoms with Crippen molar-refractivity contribution in [1.29, 1.82) is 0 Å². The van der Waals surface area contributed by atoms with Crippen LogP contribution >= 0.6 is 0 Å². The van der Waals surface area contributed by atoms with Gasteiger partial charge >= 0.3 is 0 Å². The Hall–Kier alpha value is -6.11. The average Bonchev–Trinajstić information content (AvgIpc) is 3.91. The Bertz CT molecular complexity index is 2340. The number of carbonyl (C=O) groups excluding carboxylic acids is 5. The van der Waals surface area contributed by atoms with Crippen molar-refractivity contribution in [3.63, 3.8) is 0 Å². The molecule has 3 fully saturated rings. The fourth-order valence-electron chi connectivity index (χ4n) is 8.69. The Kier molecular flexibility index (Phi) is 12.2. The summed E-state index contributed by atoms with van der Waals surface area (Å²) in [6.07, 6.45) is 8.52. The fourth-order valence-corrected chi connectivity index (χ4v) is 8.69. The summed E-state index contributed by atoms with van der Waals surface area (Å²) in [5, 5.41) is 13.2. The average molecular weight is 845 g/mol. The second kappa shape index (κ2) is 17.9. The van der Waals surface area contributed by atoms with Gasteiger partial charge in [-0.2, -0.15) is 10.2 Å². The molecule has 1 atom stereocenters. The number of benzene rings is 1. The van der Waals surface area contributed by atoms with Crippen LogP contribution in [0.5, 0.6) is 0 Å². The van der Waals surface area contributed by atoms with Crippen LogP contribution in [0.3, 0.4) is 0 Å². The van der Waals surface area contributed by atoms with Gasteiger partial charge in [0, 0.05) is 75.3 Å². The molecule has 0 spiro atoms. The molecule has 3 aliphatic heterocycles. The molecule has 2 N–H and O–H groups in total. The number of rotatable bonds is 11. The molecule has 1 aromatic carbocycles. The number of carbonyl (C=O) groups is 5. The number of hydrogen-bond donors (Lipinski definition) is 2. The second-order valence-corrected chi connectivity index (χ2v) is 16.1. The number of amides is 5. The number of ether oxygens (including phenoxy) is 1. The number of alkyl halides is 2. The van der Waals surface area contributed by atoms with Crippen molar-refractivity contribution >= 4 is 46.7 Å². The van der Waals surface area contributed by atoms with Crippen LogP contribution in [0.2, 0.25) is 0 Å². The van der Waals surface area contributed by atoms with Gasteiger partial charge in [-0.1, -0.05) is 6.08 Å². The maximum absolute atomic E-state index is 14.7. The van der Waals surface area contributed by atoms with Crippen molar-refractivity contribution in [2.75, 3.05) is 63.2 Å². The van der Waals surface area contributed by atoms with E-state index in [0.717, 1.165) is 25.3 Å². The maximum Gasteiger partial charge on any atom is 0.284 e. The summed E-state index contributed by atoms with van der Waals surface area (Å²) in [5.41, 5.74) is 0.0888. The zero-order valence-corrected chi connectivity index (χ0v) is 33.6. The number of anilines is 2. The van der Waals surface area contributed by atoms with Crippen molar-refractivity contribution in [2.45, 2.75) is 63.3 Å². The predicted octanol–water partition coefficient (Wildman–Crippen LogP) is 4.52. The Labute approximate surface area is 349 Å². The molecule has 0 bridgehead atoms. The summed E-state index contributed by atoms with van der Waals surface area (Å²) < 4.78 is 51.5. The largest absolute Gasteiger partial charge is 0.378 e. The number of halogens is 3. The highest BCUT2D eigenvalue weighted by Crippen LogP contribution is 2.36. The smallest absolute Gasteiger partial charge is 0.284 e. The van der Waals surface area contributed by atoms with Gasteiger partial charge in [0.05, 0.1) is 37.1 Å². The second-order valence-electron chi connectivity index (χ2n) is 16.1. The molecule has 61 heavy (non-hydrogen) atoms. The SMILES string of the molecule is CN(CCC1CCN(C(=O)c2ccc(F)c(C3C=CC(=O)NC3=O)c2)CC1)C(=O)C1CCC(n2cc(NC(=O)c3cnn4ccc(N5CCOCC5)nc34)c(C(F)F)n2)CC1. The standard InChI is InChI=1S/C42H47F3N10O6/c1-51(14-10-25-11-15-53(16-12-25)42(60)27-4-8-32(43)30(22-27)29-7-9-35(56)49-39(29)57)41(59)26-2-5-28(6-3-26)55-24-33(36(50-55)37(44)45)47-40(58)31-23-46-54-17-13-34(48-38(31)54)52-18-20-61-21-19-52/h4,7-9,13,17,22-26,28-29,37H,2-3,5-6,10-12,14-16,18-21H2,1H3,(H,47,58)(H,49,56,57). The van der Waals surface area contributed by atoms with Crippen LogP contribution in [0.25, 0.3) is 5.65 Å². The fraction of sp³-hybridized carbons (Fsp3) is 0.476. The van der Waals surface area contributed by atoms with Gasteiger partial charge in [0.1, 0.15) is 17.2 Å². The Morgan fingerprint density at radius 2 is 1.77 bits per heavy atom. The van der Waals surface area contributed by atoms with Crippen LogP contribution in [0.15, 0.2) is 55.0 Å². The third-order valence-corrected chi connectivity index (χ3v) is 12.3. The predicted molar refractivity (Wildman–Crippen MR) is 214 cm³/mol. The molecule has 19 heteroatoms. The van der Waals surface area contributed by atoms with Crippen molar-refractivity contribution in [3.8, 4) is 0 Å². The number of aromatic nitrogens is 5. The van der Waals surface area contributed by atoms with Crippen molar-refractivity contribution in [2.24, 2.45) is 11.8 Å². The van der Waals surface area contributed by atoms with Gasteiger partial charge in [0.2, 0.25) is 17.7 Å². The molecule has 16 nitrogen and oxygen atoms in total. The summed E-state index contributed by atoms with van der Waals surface area (Å²) >= 11 is 0. The molecule has 2 saturated heterocycles. The Morgan fingerprint density at radius 3 is 2.49 bits per heavy atom. The minimum absolute atomic E-state index is 0.0259. The van der Waals surface area contributed by atoms with Gasteiger partial charge in [0.25, 0.3) is 18.2 Å². The van der Waals surface area contributed by atoms with Gasteiger partial charge < -0.3 is 24.8 Å². The lowest BCUT2D eigenvalue weighted by Gasteiger charge is -2.34. The first-order valence-corrected chi connectivity index (χ1v) is 20.7. The van der Waals surface area contributed by atoms with E-state index < -0.39 is 41.6 Å². The Balaban J connectivity index is 0.809. The van der Waals surface area contributed by atoms with Gasteiger partial charge in [-0.3, -0.25) is 34.0 Å². The van der Waals surface area contributed by atoms with Crippen molar-refractivity contribution < 1.29 is 41.9 Å². The lowest BCUT2D eigenvalue weighted by atomic mass is 9.85. The minimum atomic E-state index is -2.93. The number of morpholine rings is 1. The summed E-state index contributed by atoms with van der Waals surface area (Å²) in [7, 11) is 1.79. The van der Waals surface area contributed by atoms with E-state index in [9.17, 15) is 37.1 Å². The molecule has 4 aliphatic rings. The van der Waals surface area contributed by atoms with Crippen molar-refractivity contribution in [3.05, 3.63) is 83.2 Å². The van der Waals surface area contributed by atoms with Gasteiger partial charge in [-0.15, -0.1) is 0 Å². The molecule has 0 radical (unpaired) electrons. The van der Waals surface area contributed by atoms with Crippen molar-refractivity contribution in [1.82, 2.24) is 39.5 Å². The molecular formula is C42H47F3N10O6. The number of imide groups is 1. The first-order chi connectivity index (χ1) is 29.4. The first-order valence-electron chi connectivity index (χ1n) is 20.7. The topological polar surface area (TPSA) is 176 Å². The normalized spacial score (nSPS) is 21.2. The van der Waals surface area contributed by atoms with Gasteiger partial charge in [-0.05, 0) is 75.1 Å². The number of nitrogens with zero attached hydrogens (tertiary/aromatic N) is 8. The van der Waals surface area contributed by atoms with E-state index >= 15 is 0 Å². The monoisotopic (exact) mass is 844 g/mol. The summed E-state index contributed by atoms with van der Waals surface area (Å²) in [6.45, 7) is 3.96. The van der Waals surface area contributed by atoms with E-state index in [1.807, 2.05) is 4.90 Å². The van der Waals surface area contributed by atoms with E-state index in [0.29, 0.717) is 89.0 Å². The first kappa shape index (κ1) is 41.6. The van der Waals surface area contributed by atoms with Crippen LogP contribution < -0.4 is 15.5 Å². The molecule has 4 aromatic rings. The van der Waals surface area contributed by atoms with Crippen LogP contribution in [-0.4, -0.2) is 117 Å². The molecule has 3 aromatic heterocycles. The number of likely N-dealkylation sites (tertiary alicyclic amines) is 1. The molecule has 1 unspecified atom stereocenters. The van der Waals surface area contributed by atoms with Gasteiger partial charge in [-0.25, -0.2) is 22.7 Å². The van der Waals surface area contributed by atoms with E-state index in [1.54, 1.807) is 29.1 Å². The highest BCUT2D eigenvalue weighted by Gasteiger charge is 2.33. The molecule has 322 valence electrons. The molecule has 5 amide bonds. The van der Waals surface area contributed by atoms with E-state index in [1.165, 1.54) is 45.9 Å². The highest BCUT2D eigenvalue weighted by atomic mass is 19.3. The maximum atomic E-state index is 14.7. The van der Waals surface area contributed by atoms with Crippen LogP contribution in [0, 0.1) is 17.7 Å². The minimum Gasteiger partial charge on any atom is -0.378 e. The highest BCUT2D eigenvalue weighted by molar-refractivity contribution is 6.08. The van der Waals surface area contributed by atoms with Crippen LogP contribution in [0.1, 0.15) is 95.3 Å². The van der Waals surface area contributed by atoms with Crippen LogP contribution in [0.4, 0.5) is 24.7 Å². The Morgan fingerprint density at radius 1 is 1.02 bits per heavy atom. The third-order valence-electron chi connectivity index (χ3n) is 12.3. The summed E-state index contributed by atoms with van der Waals surface area (Å²) in [6, 6.07) is 5.51.